The molecule has 31 heavy (non-hydrogen) atoms. The Bertz CT molecular complexity index is 1000. The lowest BCUT2D eigenvalue weighted by molar-refractivity contribution is -0.120. The minimum Gasteiger partial charge on any atom is -0.495 e. The maximum Gasteiger partial charge on any atom is 0.249 e. The third-order valence-corrected chi connectivity index (χ3v) is 6.27. The number of carbonyl (C=O) groups is 2. The average molecular weight is 424 g/mol. The van der Waals surface area contributed by atoms with Gasteiger partial charge in [-0.1, -0.05) is 19.8 Å². The van der Waals surface area contributed by atoms with Gasteiger partial charge in [-0.15, -0.1) is 0 Å². The maximum absolute atomic E-state index is 13.0. The first kappa shape index (κ1) is 21.1. The summed E-state index contributed by atoms with van der Waals surface area (Å²) in [6, 6.07) is 5.34. The van der Waals surface area contributed by atoms with Crippen molar-refractivity contribution >= 4 is 34.8 Å². The first-order valence-electron chi connectivity index (χ1n) is 10.8. The van der Waals surface area contributed by atoms with Crippen molar-refractivity contribution < 1.29 is 14.3 Å². The molecular weight excluding hydrogens is 394 g/mol. The lowest BCUT2D eigenvalue weighted by Gasteiger charge is -2.43. The van der Waals surface area contributed by atoms with Crippen LogP contribution in [0, 0.1) is 0 Å². The molecule has 0 unspecified atom stereocenters. The van der Waals surface area contributed by atoms with Gasteiger partial charge in [0.2, 0.25) is 11.9 Å². The number of likely N-dealkylation sites (N-methyl/N-ethyl adjacent to an activating group) is 1. The number of rotatable bonds is 6. The van der Waals surface area contributed by atoms with Crippen LogP contribution in [0.3, 0.4) is 0 Å². The fourth-order valence-corrected chi connectivity index (χ4v) is 4.58. The Hall–Kier alpha value is -3.16. The maximum atomic E-state index is 13.0. The Morgan fingerprint density at radius 3 is 2.68 bits per heavy atom. The van der Waals surface area contributed by atoms with Crippen LogP contribution in [-0.2, 0) is 4.79 Å². The van der Waals surface area contributed by atoms with E-state index < -0.39 is 0 Å². The van der Waals surface area contributed by atoms with Crippen LogP contribution in [0.4, 0.5) is 23.1 Å². The van der Waals surface area contributed by atoms with Gasteiger partial charge in [0.05, 0.1) is 19.0 Å². The van der Waals surface area contributed by atoms with Crippen molar-refractivity contribution in [2.24, 2.45) is 0 Å². The number of anilines is 4. The molecule has 1 fully saturated rings. The summed E-state index contributed by atoms with van der Waals surface area (Å²) in [5.41, 5.74) is 1.98. The predicted octanol–water partition coefficient (Wildman–Crippen LogP) is 3.94. The van der Waals surface area contributed by atoms with Crippen LogP contribution in [0.1, 0.15) is 56.3 Å². The van der Waals surface area contributed by atoms with Gasteiger partial charge < -0.3 is 19.9 Å². The zero-order valence-corrected chi connectivity index (χ0v) is 18.5. The number of ketones is 1. The molecule has 1 aliphatic heterocycles. The zero-order chi connectivity index (χ0) is 22.1. The Balaban J connectivity index is 1.72. The van der Waals surface area contributed by atoms with E-state index in [4.69, 9.17) is 9.72 Å². The molecule has 0 radical (unpaired) electrons. The number of nitrogens with one attached hydrogen (secondary N) is 1. The van der Waals surface area contributed by atoms with E-state index in [9.17, 15) is 9.59 Å². The molecule has 8 heteroatoms. The van der Waals surface area contributed by atoms with Crippen molar-refractivity contribution in [3.8, 4) is 5.75 Å². The zero-order valence-electron chi connectivity index (χ0n) is 18.5. The molecular formula is C23H29N5O3. The monoisotopic (exact) mass is 423 g/mol. The first-order valence-corrected chi connectivity index (χ1v) is 10.8. The van der Waals surface area contributed by atoms with Gasteiger partial charge in [0, 0.05) is 18.7 Å². The highest BCUT2D eigenvalue weighted by Gasteiger charge is 2.41. The number of benzene rings is 1. The van der Waals surface area contributed by atoms with Crippen LogP contribution < -0.4 is 19.9 Å². The Morgan fingerprint density at radius 1 is 1.29 bits per heavy atom. The quantitative estimate of drug-likeness (QED) is 0.704. The number of nitrogens with zero attached hydrogens (tertiary/aromatic N) is 4. The minimum absolute atomic E-state index is 0.0274. The van der Waals surface area contributed by atoms with Gasteiger partial charge in [-0.05, 0) is 44.4 Å². The first-order chi connectivity index (χ1) is 14.9. The van der Waals surface area contributed by atoms with E-state index in [1.54, 1.807) is 43.5 Å². The molecule has 1 saturated carbocycles. The van der Waals surface area contributed by atoms with Gasteiger partial charge in [-0.25, -0.2) is 4.98 Å². The summed E-state index contributed by atoms with van der Waals surface area (Å²) >= 11 is 0. The molecule has 2 aliphatic rings. The van der Waals surface area contributed by atoms with Gasteiger partial charge in [-0.3, -0.25) is 9.59 Å². The second-order valence-electron chi connectivity index (χ2n) is 8.17. The fraction of sp³-hybridized carbons (Fsp3) is 0.478. The van der Waals surface area contributed by atoms with E-state index >= 15 is 0 Å². The number of carbonyl (C=O) groups excluding carboxylic acids is 2. The summed E-state index contributed by atoms with van der Waals surface area (Å²) in [7, 11) is 3.35. The molecule has 8 nitrogen and oxygen atoms in total. The standard InChI is InChI=1S/C23H29N5O3/c1-5-18-22(30)27(3)19-13-24-23(26-21(19)28(18)16-8-6-7-9-16)25-17-11-10-15(14(2)29)12-20(17)31-4/h10-13,16,18H,5-9H2,1-4H3,(H,24,25,26)/t18-/m1/s1. The summed E-state index contributed by atoms with van der Waals surface area (Å²) in [5, 5.41) is 3.22. The van der Waals surface area contributed by atoms with Gasteiger partial charge >= 0.3 is 0 Å². The number of fused-ring (bicyclic) bond motifs is 1. The molecule has 164 valence electrons. The molecule has 1 aliphatic carbocycles. The molecule has 1 aromatic carbocycles. The molecule has 0 bridgehead atoms. The van der Waals surface area contributed by atoms with E-state index in [0.29, 0.717) is 29.0 Å². The van der Waals surface area contributed by atoms with E-state index in [1.807, 2.05) is 6.92 Å². The summed E-state index contributed by atoms with van der Waals surface area (Å²) in [6.45, 7) is 3.57. The summed E-state index contributed by atoms with van der Waals surface area (Å²) in [5.74, 6) is 1.82. The van der Waals surface area contributed by atoms with Crippen molar-refractivity contribution in [1.29, 1.82) is 0 Å². The van der Waals surface area contributed by atoms with Crippen LogP contribution in [-0.4, -0.2) is 47.9 Å². The number of amides is 1. The molecule has 2 aromatic rings. The minimum atomic E-state index is -0.215. The summed E-state index contributed by atoms with van der Waals surface area (Å²) in [4.78, 5) is 37.9. The number of Topliss-reactive ketones (excluding diaryl/α,β-unsaturated/α-hetero) is 1. The number of methoxy groups -OCH3 is 1. The van der Waals surface area contributed by atoms with Gasteiger partial charge in [-0.2, -0.15) is 4.98 Å². The molecule has 1 amide bonds. The molecule has 0 spiro atoms. The summed E-state index contributed by atoms with van der Waals surface area (Å²) < 4.78 is 5.46. The van der Waals surface area contributed by atoms with E-state index in [0.717, 1.165) is 30.8 Å². The van der Waals surface area contributed by atoms with Crippen LogP contribution in [0.15, 0.2) is 24.4 Å². The number of ether oxygens (including phenoxy) is 1. The van der Waals surface area contributed by atoms with Gasteiger partial charge in [0.25, 0.3) is 0 Å². The molecule has 1 atom stereocenters. The van der Waals surface area contributed by atoms with Gasteiger partial charge in [0.15, 0.2) is 11.6 Å². The second kappa shape index (κ2) is 8.53. The van der Waals surface area contributed by atoms with Crippen molar-refractivity contribution in [2.45, 2.75) is 58.0 Å². The SMILES string of the molecule is CC[C@@H]1C(=O)N(C)c2cnc(Nc3ccc(C(C)=O)cc3OC)nc2N1C1CCCC1. The Labute approximate surface area is 182 Å². The fourth-order valence-electron chi connectivity index (χ4n) is 4.58. The van der Waals surface area contributed by atoms with Crippen LogP contribution in [0.2, 0.25) is 0 Å². The normalized spacial score (nSPS) is 18.8. The molecule has 2 heterocycles. The lowest BCUT2D eigenvalue weighted by atomic mass is 10.0. The third kappa shape index (κ3) is 3.82. The smallest absolute Gasteiger partial charge is 0.249 e. The van der Waals surface area contributed by atoms with Crippen molar-refractivity contribution in [3.05, 3.63) is 30.0 Å². The molecule has 1 N–H and O–H groups in total. The average Bonchev–Trinajstić information content (AvgIpc) is 3.30. The van der Waals surface area contributed by atoms with E-state index in [1.165, 1.54) is 19.8 Å². The van der Waals surface area contributed by atoms with Crippen LogP contribution in [0.5, 0.6) is 5.75 Å². The van der Waals surface area contributed by atoms with E-state index in [2.05, 4.69) is 15.2 Å². The number of hydrogen-bond donors (Lipinski definition) is 1. The largest absolute Gasteiger partial charge is 0.495 e. The molecule has 4 rings (SSSR count). The number of hydrogen-bond acceptors (Lipinski definition) is 7. The molecule has 0 saturated heterocycles. The van der Waals surface area contributed by atoms with Crippen molar-refractivity contribution in [1.82, 2.24) is 9.97 Å². The van der Waals surface area contributed by atoms with Crippen LogP contribution >= 0.6 is 0 Å². The molecule has 1 aromatic heterocycles. The second-order valence-corrected chi connectivity index (χ2v) is 8.17. The predicted molar refractivity (Wildman–Crippen MR) is 121 cm³/mol. The Morgan fingerprint density at radius 2 is 2.03 bits per heavy atom. The van der Waals surface area contributed by atoms with Gasteiger partial charge in [0.1, 0.15) is 17.5 Å². The van der Waals surface area contributed by atoms with Crippen LogP contribution in [0.25, 0.3) is 0 Å². The highest BCUT2D eigenvalue weighted by molar-refractivity contribution is 6.04. The lowest BCUT2D eigenvalue weighted by Crippen LogP contribution is -2.55. The van der Waals surface area contributed by atoms with E-state index in [-0.39, 0.29) is 17.7 Å². The third-order valence-electron chi connectivity index (χ3n) is 6.27. The highest BCUT2D eigenvalue weighted by atomic mass is 16.5. The topological polar surface area (TPSA) is 87.7 Å². The van der Waals surface area contributed by atoms with Crippen molar-refractivity contribution in [2.75, 3.05) is 29.3 Å². The number of aromatic nitrogens is 2. The van der Waals surface area contributed by atoms with Crippen molar-refractivity contribution in [3.63, 3.8) is 0 Å². The Kier molecular flexibility index (Phi) is 5.80. The highest BCUT2D eigenvalue weighted by Crippen LogP contribution is 2.40. The summed E-state index contributed by atoms with van der Waals surface area (Å²) in [6.07, 6.45) is 6.92.